The van der Waals surface area contributed by atoms with E-state index in [1.165, 1.54) is 6.07 Å². The lowest BCUT2D eigenvalue weighted by atomic mass is 10.2. The molecule has 0 aliphatic carbocycles. The highest BCUT2D eigenvalue weighted by molar-refractivity contribution is 6.43. The summed E-state index contributed by atoms with van der Waals surface area (Å²) in [5.74, 6) is -1.55. The molecule has 2 nitrogen and oxygen atoms in total. The third-order valence-corrected chi connectivity index (χ3v) is 2.33. The summed E-state index contributed by atoms with van der Waals surface area (Å²) in [5, 5.41) is 0.00114. The Kier molecular flexibility index (Phi) is 3.72. The van der Waals surface area contributed by atoms with Crippen molar-refractivity contribution in [3.8, 4) is 0 Å². The highest BCUT2D eigenvalue weighted by Gasteiger charge is 2.19. The van der Waals surface area contributed by atoms with E-state index in [0.717, 1.165) is 6.07 Å². The molecular weight excluding hydrogens is 230 g/mol. The number of rotatable bonds is 2. The summed E-state index contributed by atoms with van der Waals surface area (Å²) in [7, 11) is 0. The smallest absolute Gasteiger partial charge is 0.342 e. The van der Waals surface area contributed by atoms with E-state index in [1.54, 1.807) is 6.92 Å². The minimum Gasteiger partial charge on any atom is -0.462 e. The normalized spacial score (nSPS) is 10.0. The maximum atomic E-state index is 13.2. The van der Waals surface area contributed by atoms with Crippen molar-refractivity contribution in [1.82, 2.24) is 0 Å². The number of benzene rings is 1. The highest BCUT2D eigenvalue weighted by Crippen LogP contribution is 2.28. The number of carbonyl (C=O) groups excluding carboxylic acids is 1. The van der Waals surface area contributed by atoms with Crippen molar-refractivity contribution in [1.29, 1.82) is 0 Å². The molecule has 1 rings (SSSR count). The SMILES string of the molecule is CCOC(=O)c1c(F)ccc(Cl)c1Cl. The van der Waals surface area contributed by atoms with Gasteiger partial charge in [0, 0.05) is 0 Å². The molecule has 0 N–H and O–H groups in total. The average Bonchev–Trinajstić information content (AvgIpc) is 2.13. The van der Waals surface area contributed by atoms with Crippen molar-refractivity contribution in [2.24, 2.45) is 0 Å². The summed E-state index contributed by atoms with van der Waals surface area (Å²) in [5.41, 5.74) is -0.319. The van der Waals surface area contributed by atoms with Crippen LogP contribution in [0, 0.1) is 5.82 Å². The van der Waals surface area contributed by atoms with Gasteiger partial charge in [0.2, 0.25) is 0 Å². The molecule has 14 heavy (non-hydrogen) atoms. The van der Waals surface area contributed by atoms with Crippen LogP contribution in [0.2, 0.25) is 10.0 Å². The summed E-state index contributed by atoms with van der Waals surface area (Å²) >= 11 is 11.3. The summed E-state index contributed by atoms with van der Waals surface area (Å²) in [4.78, 5) is 11.2. The van der Waals surface area contributed by atoms with Crippen LogP contribution in [0.5, 0.6) is 0 Å². The van der Waals surface area contributed by atoms with E-state index in [2.05, 4.69) is 4.74 Å². The second kappa shape index (κ2) is 4.62. The van der Waals surface area contributed by atoms with E-state index in [4.69, 9.17) is 23.2 Å². The fourth-order valence-electron chi connectivity index (χ4n) is 0.917. The van der Waals surface area contributed by atoms with Gasteiger partial charge in [-0.1, -0.05) is 23.2 Å². The molecule has 0 fully saturated rings. The van der Waals surface area contributed by atoms with Gasteiger partial charge in [0.1, 0.15) is 11.4 Å². The lowest BCUT2D eigenvalue weighted by molar-refractivity contribution is 0.0521. The van der Waals surface area contributed by atoms with Crippen LogP contribution in [0.15, 0.2) is 12.1 Å². The Bertz CT molecular complexity index is 366. The molecule has 0 radical (unpaired) electrons. The van der Waals surface area contributed by atoms with Crippen LogP contribution in [-0.4, -0.2) is 12.6 Å². The maximum absolute atomic E-state index is 13.2. The summed E-state index contributed by atoms with van der Waals surface area (Å²) in [6.45, 7) is 1.77. The highest BCUT2D eigenvalue weighted by atomic mass is 35.5. The van der Waals surface area contributed by atoms with Gasteiger partial charge in [-0.3, -0.25) is 0 Å². The van der Waals surface area contributed by atoms with Gasteiger partial charge < -0.3 is 4.74 Å². The van der Waals surface area contributed by atoms with Crippen LogP contribution in [0.3, 0.4) is 0 Å². The fourth-order valence-corrected chi connectivity index (χ4v) is 1.31. The monoisotopic (exact) mass is 236 g/mol. The predicted molar refractivity (Wildman–Crippen MR) is 52.4 cm³/mol. The molecule has 5 heteroatoms. The molecule has 0 atom stereocenters. The van der Waals surface area contributed by atoms with Crippen molar-refractivity contribution in [3.05, 3.63) is 33.6 Å². The van der Waals surface area contributed by atoms with Gasteiger partial charge in [-0.15, -0.1) is 0 Å². The average molecular weight is 237 g/mol. The number of carbonyl (C=O) groups is 1. The van der Waals surface area contributed by atoms with E-state index in [9.17, 15) is 9.18 Å². The quantitative estimate of drug-likeness (QED) is 0.582. The first-order valence-corrected chi connectivity index (χ1v) is 4.64. The molecule has 0 saturated heterocycles. The van der Waals surface area contributed by atoms with Crippen LogP contribution in [0.25, 0.3) is 0 Å². The first-order chi connectivity index (χ1) is 6.57. The lowest BCUT2D eigenvalue weighted by Crippen LogP contribution is -2.08. The van der Waals surface area contributed by atoms with Crippen molar-refractivity contribution in [2.45, 2.75) is 6.92 Å². The molecule has 1 aromatic carbocycles. The van der Waals surface area contributed by atoms with Crippen LogP contribution >= 0.6 is 23.2 Å². The van der Waals surface area contributed by atoms with E-state index < -0.39 is 11.8 Å². The Morgan fingerprint density at radius 3 is 2.71 bits per heavy atom. The molecule has 0 unspecified atom stereocenters. The minimum atomic E-state index is -0.808. The summed E-state index contributed by atoms with van der Waals surface area (Å²) < 4.78 is 17.8. The van der Waals surface area contributed by atoms with Crippen molar-refractivity contribution in [3.63, 3.8) is 0 Å². The van der Waals surface area contributed by atoms with Crippen LogP contribution in [0.1, 0.15) is 17.3 Å². The van der Waals surface area contributed by atoms with Gasteiger partial charge in [0.05, 0.1) is 16.7 Å². The van der Waals surface area contributed by atoms with Gasteiger partial charge in [-0.25, -0.2) is 9.18 Å². The Morgan fingerprint density at radius 1 is 1.50 bits per heavy atom. The number of esters is 1. The molecule has 0 aliphatic rings. The fraction of sp³-hybridized carbons (Fsp3) is 0.222. The van der Waals surface area contributed by atoms with Crippen molar-refractivity contribution >= 4 is 29.2 Å². The Morgan fingerprint density at radius 2 is 2.14 bits per heavy atom. The molecule has 0 aromatic heterocycles. The number of halogens is 3. The largest absolute Gasteiger partial charge is 0.462 e. The maximum Gasteiger partial charge on any atom is 0.342 e. The van der Waals surface area contributed by atoms with E-state index in [-0.39, 0.29) is 22.2 Å². The molecule has 0 heterocycles. The molecule has 0 amide bonds. The van der Waals surface area contributed by atoms with Gasteiger partial charge in [-0.2, -0.15) is 0 Å². The first-order valence-electron chi connectivity index (χ1n) is 3.88. The van der Waals surface area contributed by atoms with Crippen LogP contribution in [-0.2, 0) is 4.74 Å². The zero-order valence-corrected chi connectivity index (χ0v) is 8.82. The van der Waals surface area contributed by atoms with Gasteiger partial charge in [-0.05, 0) is 19.1 Å². The Hall–Kier alpha value is -0.800. The number of ether oxygens (including phenoxy) is 1. The second-order valence-corrected chi connectivity index (χ2v) is 3.22. The van der Waals surface area contributed by atoms with Gasteiger partial charge in [0.25, 0.3) is 0 Å². The second-order valence-electron chi connectivity index (χ2n) is 2.44. The standard InChI is InChI=1S/C9H7Cl2FO2/c1-2-14-9(13)7-6(12)4-3-5(10)8(7)11/h3-4H,2H2,1H3. The van der Waals surface area contributed by atoms with E-state index in [1.807, 2.05) is 0 Å². The molecule has 0 bridgehead atoms. The Labute approximate surface area is 90.6 Å². The van der Waals surface area contributed by atoms with Crippen LogP contribution in [0.4, 0.5) is 4.39 Å². The predicted octanol–water partition coefficient (Wildman–Crippen LogP) is 3.31. The molecule has 0 aliphatic heterocycles. The van der Waals surface area contributed by atoms with E-state index in [0.29, 0.717) is 0 Å². The topological polar surface area (TPSA) is 26.3 Å². The summed E-state index contributed by atoms with van der Waals surface area (Å²) in [6, 6.07) is 2.35. The zero-order valence-electron chi connectivity index (χ0n) is 7.31. The molecular formula is C9H7Cl2FO2. The minimum absolute atomic E-state index is 0.120. The number of hydrogen-bond acceptors (Lipinski definition) is 2. The third-order valence-electron chi connectivity index (χ3n) is 1.52. The molecule has 0 saturated carbocycles. The van der Waals surface area contributed by atoms with Gasteiger partial charge >= 0.3 is 5.97 Å². The third kappa shape index (κ3) is 2.16. The first kappa shape index (κ1) is 11.3. The Balaban J connectivity index is 3.18. The molecule has 0 spiro atoms. The van der Waals surface area contributed by atoms with Crippen molar-refractivity contribution in [2.75, 3.05) is 6.61 Å². The lowest BCUT2D eigenvalue weighted by Gasteiger charge is -2.06. The van der Waals surface area contributed by atoms with Crippen molar-refractivity contribution < 1.29 is 13.9 Å². The van der Waals surface area contributed by atoms with E-state index >= 15 is 0 Å². The molecule has 76 valence electrons. The zero-order chi connectivity index (χ0) is 10.7. The molecule has 1 aromatic rings. The number of hydrogen-bond donors (Lipinski definition) is 0. The van der Waals surface area contributed by atoms with Crippen LogP contribution < -0.4 is 0 Å². The van der Waals surface area contributed by atoms with Gasteiger partial charge in [0.15, 0.2) is 0 Å². The summed E-state index contributed by atoms with van der Waals surface area (Å²) in [6.07, 6.45) is 0.